The summed E-state index contributed by atoms with van der Waals surface area (Å²) in [5.41, 5.74) is 22.5. The van der Waals surface area contributed by atoms with Crippen molar-refractivity contribution in [3.05, 3.63) is 241 Å². The van der Waals surface area contributed by atoms with E-state index in [4.69, 9.17) is 20.1 Å². The number of para-hydroxylation sites is 1. The quantitative estimate of drug-likeness (QED) is 0.117. The van der Waals surface area contributed by atoms with Gasteiger partial charge < -0.3 is 10.2 Å². The number of fused-ring (bicyclic) bond motifs is 3. The standard InChI is InChI=1S/C57H41N3O/c58-56(46-18-8-3-9-19-46)60-57(47-36-32-44(33-37-47)43-28-26-41(27-29-43)39-14-4-1-5-15-39)59-38-48-20-10-11-21-49(48)51-23-13-25-53-54(51)52-24-12-22-50(55(52)61-53)45-34-30-42(31-35-45)40-16-6-2-7-17-40/h1-37H,38H2,(H2,58,59,60). The molecule has 1 heterocycles. The molecule has 0 bridgehead atoms. The zero-order valence-corrected chi connectivity index (χ0v) is 33.4. The fourth-order valence-electron chi connectivity index (χ4n) is 8.13. The topological polar surface area (TPSA) is 63.9 Å². The highest BCUT2D eigenvalue weighted by Crippen LogP contribution is 2.41. The Morgan fingerprint density at radius 2 is 0.869 bits per heavy atom. The largest absolute Gasteiger partial charge is 0.455 e. The molecule has 0 aliphatic carbocycles. The normalized spacial score (nSPS) is 11.9. The maximum Gasteiger partial charge on any atom is 0.157 e. The van der Waals surface area contributed by atoms with Gasteiger partial charge in [-0.25, -0.2) is 4.99 Å². The molecule has 4 nitrogen and oxygen atoms in total. The van der Waals surface area contributed by atoms with Gasteiger partial charge in [-0.1, -0.05) is 218 Å². The third kappa shape index (κ3) is 7.67. The Balaban J connectivity index is 0.999. The van der Waals surface area contributed by atoms with E-state index in [2.05, 4.69) is 182 Å². The lowest BCUT2D eigenvalue weighted by Crippen LogP contribution is -2.16. The molecule has 0 fully saturated rings. The van der Waals surface area contributed by atoms with Gasteiger partial charge in [0.1, 0.15) is 17.0 Å². The van der Waals surface area contributed by atoms with Crippen molar-refractivity contribution in [1.29, 1.82) is 0 Å². The highest BCUT2D eigenvalue weighted by Gasteiger charge is 2.18. The van der Waals surface area contributed by atoms with Gasteiger partial charge in [0.2, 0.25) is 0 Å². The first-order valence-electron chi connectivity index (χ1n) is 20.5. The predicted octanol–water partition coefficient (Wildman–Crippen LogP) is 14.3. The summed E-state index contributed by atoms with van der Waals surface area (Å²) in [6, 6.07) is 77.7. The number of benzene rings is 9. The number of nitrogens with two attached hydrogens (primary N) is 1. The van der Waals surface area contributed by atoms with Crippen molar-refractivity contribution >= 4 is 33.6 Å². The molecular formula is C57H41N3O. The second-order valence-corrected chi connectivity index (χ2v) is 15.1. The molecule has 0 spiro atoms. The van der Waals surface area contributed by atoms with E-state index in [-0.39, 0.29) is 0 Å². The van der Waals surface area contributed by atoms with Crippen LogP contribution >= 0.6 is 0 Å². The Kier molecular flexibility index (Phi) is 10.2. The Morgan fingerprint density at radius 3 is 1.49 bits per heavy atom. The Morgan fingerprint density at radius 1 is 0.393 bits per heavy atom. The summed E-state index contributed by atoms with van der Waals surface area (Å²) < 4.78 is 6.71. The lowest BCUT2D eigenvalue weighted by Gasteiger charge is -2.11. The van der Waals surface area contributed by atoms with Gasteiger partial charge in [-0.05, 0) is 61.7 Å². The minimum Gasteiger partial charge on any atom is -0.455 e. The van der Waals surface area contributed by atoms with E-state index >= 15 is 0 Å². The molecule has 290 valence electrons. The number of hydrogen-bond donors (Lipinski definition) is 1. The zero-order chi connectivity index (χ0) is 41.0. The molecule has 0 amide bonds. The number of rotatable bonds is 9. The maximum atomic E-state index is 6.71. The molecule has 10 rings (SSSR count). The van der Waals surface area contributed by atoms with Crippen molar-refractivity contribution in [1.82, 2.24) is 0 Å². The highest BCUT2D eigenvalue weighted by molar-refractivity contribution is 6.16. The number of hydrogen-bond acceptors (Lipinski definition) is 2. The van der Waals surface area contributed by atoms with Gasteiger partial charge in [0.15, 0.2) is 5.84 Å². The molecule has 9 aromatic carbocycles. The molecule has 0 aliphatic heterocycles. The van der Waals surface area contributed by atoms with Crippen molar-refractivity contribution in [2.45, 2.75) is 6.54 Å². The summed E-state index contributed by atoms with van der Waals surface area (Å²) in [7, 11) is 0. The number of amidine groups is 2. The third-order valence-corrected chi connectivity index (χ3v) is 11.3. The number of furan rings is 1. The minimum atomic E-state index is 0.394. The van der Waals surface area contributed by atoms with Gasteiger partial charge in [0.05, 0.1) is 6.54 Å². The Bertz CT molecular complexity index is 3170. The van der Waals surface area contributed by atoms with Crippen LogP contribution in [-0.4, -0.2) is 11.7 Å². The Hall–Kier alpha value is -8.08. The zero-order valence-electron chi connectivity index (χ0n) is 33.4. The van der Waals surface area contributed by atoms with Crippen molar-refractivity contribution in [3.8, 4) is 55.6 Å². The first-order chi connectivity index (χ1) is 30.2. The second-order valence-electron chi connectivity index (χ2n) is 15.1. The number of nitrogens with zero attached hydrogens (tertiary/aromatic N) is 2. The van der Waals surface area contributed by atoms with Crippen LogP contribution < -0.4 is 5.73 Å². The fourth-order valence-corrected chi connectivity index (χ4v) is 8.13. The first-order valence-corrected chi connectivity index (χ1v) is 20.5. The molecule has 61 heavy (non-hydrogen) atoms. The lowest BCUT2D eigenvalue weighted by molar-refractivity contribution is 0.670. The van der Waals surface area contributed by atoms with E-state index in [1.165, 1.54) is 22.3 Å². The summed E-state index contributed by atoms with van der Waals surface area (Å²) in [6.45, 7) is 0.394. The van der Waals surface area contributed by atoms with E-state index in [0.717, 1.165) is 72.0 Å². The van der Waals surface area contributed by atoms with Crippen LogP contribution in [-0.2, 0) is 6.54 Å². The fraction of sp³-hybridized carbons (Fsp3) is 0.0175. The molecular weight excluding hydrogens is 743 g/mol. The molecule has 0 unspecified atom stereocenters. The van der Waals surface area contributed by atoms with Crippen LogP contribution in [0.5, 0.6) is 0 Å². The number of aliphatic imine (C=N–C) groups is 2. The summed E-state index contributed by atoms with van der Waals surface area (Å²) in [5.74, 6) is 0.977. The van der Waals surface area contributed by atoms with Gasteiger partial charge in [-0.3, -0.25) is 4.99 Å². The summed E-state index contributed by atoms with van der Waals surface area (Å²) >= 11 is 0. The van der Waals surface area contributed by atoms with Gasteiger partial charge in [-0.2, -0.15) is 0 Å². The summed E-state index contributed by atoms with van der Waals surface area (Å²) in [6.07, 6.45) is 0. The lowest BCUT2D eigenvalue weighted by atomic mass is 9.94. The Labute approximate surface area is 355 Å². The van der Waals surface area contributed by atoms with Gasteiger partial charge in [0, 0.05) is 27.5 Å². The molecule has 0 aliphatic rings. The molecule has 1 aromatic heterocycles. The smallest absolute Gasteiger partial charge is 0.157 e. The molecule has 0 atom stereocenters. The van der Waals surface area contributed by atoms with E-state index < -0.39 is 0 Å². The van der Waals surface area contributed by atoms with Gasteiger partial charge in [-0.15, -0.1) is 0 Å². The van der Waals surface area contributed by atoms with E-state index in [0.29, 0.717) is 18.2 Å². The van der Waals surface area contributed by atoms with Crippen molar-refractivity contribution in [2.24, 2.45) is 15.7 Å². The first kappa shape index (κ1) is 37.2. The molecule has 0 saturated carbocycles. The van der Waals surface area contributed by atoms with Crippen molar-refractivity contribution < 1.29 is 4.42 Å². The second kappa shape index (κ2) is 16.6. The third-order valence-electron chi connectivity index (χ3n) is 11.3. The molecule has 0 radical (unpaired) electrons. The van der Waals surface area contributed by atoms with Crippen LogP contribution in [0, 0.1) is 0 Å². The maximum absolute atomic E-state index is 6.71. The van der Waals surface area contributed by atoms with Crippen LogP contribution in [0.1, 0.15) is 16.7 Å². The minimum absolute atomic E-state index is 0.394. The average Bonchev–Trinajstić information content (AvgIpc) is 3.73. The van der Waals surface area contributed by atoms with Gasteiger partial charge in [0.25, 0.3) is 0 Å². The summed E-state index contributed by atoms with van der Waals surface area (Å²) in [4.78, 5) is 10.2. The van der Waals surface area contributed by atoms with E-state index in [9.17, 15) is 0 Å². The summed E-state index contributed by atoms with van der Waals surface area (Å²) in [5, 5.41) is 2.15. The SMILES string of the molecule is NC(=NC(=NCc1ccccc1-c1cccc2oc3c(-c4ccc(-c5ccccc5)cc4)cccc3c12)c1ccc(-c2ccc(-c3ccccc3)cc2)cc1)c1ccccc1. The van der Waals surface area contributed by atoms with Crippen molar-refractivity contribution in [3.63, 3.8) is 0 Å². The van der Waals surface area contributed by atoms with Crippen LogP contribution in [0.2, 0.25) is 0 Å². The monoisotopic (exact) mass is 783 g/mol. The van der Waals surface area contributed by atoms with E-state index in [1.54, 1.807) is 0 Å². The predicted molar refractivity (Wildman–Crippen MR) is 255 cm³/mol. The van der Waals surface area contributed by atoms with Gasteiger partial charge >= 0.3 is 0 Å². The van der Waals surface area contributed by atoms with Crippen LogP contribution in [0.15, 0.2) is 239 Å². The average molecular weight is 784 g/mol. The molecule has 4 heteroatoms. The van der Waals surface area contributed by atoms with Crippen LogP contribution in [0.4, 0.5) is 0 Å². The molecule has 10 aromatic rings. The van der Waals surface area contributed by atoms with Crippen molar-refractivity contribution in [2.75, 3.05) is 0 Å². The molecule has 2 N–H and O–H groups in total. The van der Waals surface area contributed by atoms with E-state index in [1.807, 2.05) is 42.5 Å². The molecule has 0 saturated heterocycles. The van der Waals surface area contributed by atoms with Crippen LogP contribution in [0.25, 0.3) is 77.6 Å². The van der Waals surface area contributed by atoms with Crippen LogP contribution in [0.3, 0.4) is 0 Å². The highest BCUT2D eigenvalue weighted by atomic mass is 16.3.